The van der Waals surface area contributed by atoms with E-state index in [9.17, 15) is 4.79 Å². The Hall–Kier alpha value is -1.59. The van der Waals surface area contributed by atoms with Gasteiger partial charge in [0.25, 0.3) is 0 Å². The molecule has 5 heteroatoms. The average Bonchev–Trinajstić information content (AvgIpc) is 2.74. The molecule has 1 aliphatic heterocycles. The number of carbonyl (C=O) groups is 1. The number of benzene rings is 1. The summed E-state index contributed by atoms with van der Waals surface area (Å²) in [6.45, 7) is 4.01. The Bertz CT molecular complexity index is 691. The molecule has 1 unspecified atom stereocenters. The Labute approximate surface area is 174 Å². The Kier molecular flexibility index (Phi) is 5.29. The van der Waals surface area contributed by atoms with Crippen LogP contribution < -0.4 is 10.1 Å². The monoisotopic (exact) mass is 398 g/mol. The smallest absolute Gasteiger partial charge is 0.226 e. The standard InChI is InChI=1S/C24H34N2O3/c1-28-21-4-2-20(3-5-21)22(26-6-8-29-9-7-26)16-25-23(27)24-13-17-10-18(14-24)12-19(11-17)15-24/h2-5,17-19,22H,6-16H2,1H3,(H,25,27). The number of nitrogens with one attached hydrogen (secondary N) is 1. The molecule has 1 saturated heterocycles. The third-order valence-electron chi connectivity index (χ3n) is 7.96. The van der Waals surface area contributed by atoms with Crippen molar-refractivity contribution in [2.24, 2.45) is 23.2 Å². The van der Waals surface area contributed by atoms with Crippen molar-refractivity contribution >= 4 is 5.91 Å². The van der Waals surface area contributed by atoms with E-state index >= 15 is 0 Å². The van der Waals surface area contributed by atoms with E-state index in [1.165, 1.54) is 24.8 Å². The van der Waals surface area contributed by atoms with Gasteiger partial charge in [-0.3, -0.25) is 9.69 Å². The number of hydrogen-bond acceptors (Lipinski definition) is 4. The number of amides is 1. The molecule has 1 atom stereocenters. The predicted octanol–water partition coefficient (Wildman–Crippen LogP) is 3.40. The summed E-state index contributed by atoms with van der Waals surface area (Å²) in [5, 5.41) is 3.41. The summed E-state index contributed by atoms with van der Waals surface area (Å²) in [6, 6.07) is 8.49. The molecule has 0 spiro atoms. The molecule has 0 aromatic heterocycles. The molecule has 6 rings (SSSR count). The van der Waals surface area contributed by atoms with Crippen LogP contribution in [0.1, 0.15) is 50.1 Å². The van der Waals surface area contributed by atoms with Crippen molar-refractivity contribution < 1.29 is 14.3 Å². The van der Waals surface area contributed by atoms with E-state index in [0.717, 1.165) is 69.1 Å². The maximum absolute atomic E-state index is 13.4. The van der Waals surface area contributed by atoms with E-state index in [4.69, 9.17) is 9.47 Å². The molecule has 1 N–H and O–H groups in total. The van der Waals surface area contributed by atoms with Crippen LogP contribution in [0.5, 0.6) is 5.75 Å². The largest absolute Gasteiger partial charge is 0.497 e. The normalized spacial score (nSPS) is 34.7. The third-order valence-corrected chi connectivity index (χ3v) is 7.96. The van der Waals surface area contributed by atoms with Gasteiger partial charge in [-0.25, -0.2) is 0 Å². The summed E-state index contributed by atoms with van der Waals surface area (Å²) in [7, 11) is 1.69. The van der Waals surface area contributed by atoms with Crippen LogP contribution in [-0.2, 0) is 9.53 Å². The Morgan fingerprint density at radius 1 is 1.10 bits per heavy atom. The van der Waals surface area contributed by atoms with Gasteiger partial charge in [-0.1, -0.05) is 12.1 Å². The van der Waals surface area contributed by atoms with Crippen LogP contribution in [0.25, 0.3) is 0 Å². The van der Waals surface area contributed by atoms with Crippen LogP contribution in [0.4, 0.5) is 0 Å². The first-order valence-electron chi connectivity index (χ1n) is 11.4. The summed E-state index contributed by atoms with van der Waals surface area (Å²) in [5.41, 5.74) is 1.16. The molecule has 1 amide bonds. The maximum Gasteiger partial charge on any atom is 0.226 e. The SMILES string of the molecule is COc1ccc(C(CNC(=O)C23CC4CC(CC(C4)C2)C3)N2CCOCC2)cc1. The van der Waals surface area contributed by atoms with Gasteiger partial charge in [0.1, 0.15) is 5.75 Å². The molecule has 158 valence electrons. The van der Waals surface area contributed by atoms with E-state index < -0.39 is 0 Å². The Balaban J connectivity index is 1.30. The van der Waals surface area contributed by atoms with Gasteiger partial charge in [-0.2, -0.15) is 0 Å². The van der Waals surface area contributed by atoms with Gasteiger partial charge in [-0.15, -0.1) is 0 Å². The van der Waals surface area contributed by atoms with Crippen molar-refractivity contribution in [2.45, 2.75) is 44.6 Å². The molecule has 0 radical (unpaired) electrons. The van der Waals surface area contributed by atoms with Crippen LogP contribution in [0.3, 0.4) is 0 Å². The van der Waals surface area contributed by atoms with Crippen LogP contribution in [0.2, 0.25) is 0 Å². The van der Waals surface area contributed by atoms with Crippen molar-refractivity contribution in [3.63, 3.8) is 0 Å². The second-order valence-electron chi connectivity index (χ2n) is 9.85. The van der Waals surface area contributed by atoms with Crippen molar-refractivity contribution in [1.82, 2.24) is 10.2 Å². The molecular weight excluding hydrogens is 364 g/mol. The fourth-order valence-corrected chi connectivity index (χ4v) is 6.94. The van der Waals surface area contributed by atoms with Crippen LogP contribution in [0.15, 0.2) is 24.3 Å². The van der Waals surface area contributed by atoms with Gasteiger partial charge in [0, 0.05) is 25.0 Å². The summed E-state index contributed by atoms with van der Waals surface area (Å²) in [6.07, 6.45) is 7.47. The highest BCUT2D eigenvalue weighted by Gasteiger charge is 2.54. The lowest BCUT2D eigenvalue weighted by molar-refractivity contribution is -0.146. The fraction of sp³-hybridized carbons (Fsp3) is 0.708. The highest BCUT2D eigenvalue weighted by molar-refractivity contribution is 5.83. The van der Waals surface area contributed by atoms with E-state index in [-0.39, 0.29) is 11.5 Å². The molecule has 5 nitrogen and oxygen atoms in total. The Morgan fingerprint density at radius 2 is 1.69 bits per heavy atom. The molecule has 4 bridgehead atoms. The van der Waals surface area contributed by atoms with Crippen LogP contribution in [-0.4, -0.2) is 50.8 Å². The predicted molar refractivity (Wildman–Crippen MR) is 112 cm³/mol. The van der Waals surface area contributed by atoms with Crippen molar-refractivity contribution in [1.29, 1.82) is 0 Å². The molecule has 1 heterocycles. The number of carbonyl (C=O) groups excluding carboxylic acids is 1. The maximum atomic E-state index is 13.4. The minimum atomic E-state index is -0.0791. The van der Waals surface area contributed by atoms with Crippen LogP contribution >= 0.6 is 0 Å². The summed E-state index contributed by atoms with van der Waals surface area (Å²) in [4.78, 5) is 15.9. The van der Waals surface area contributed by atoms with Gasteiger partial charge in [0.15, 0.2) is 0 Å². The second kappa shape index (κ2) is 7.92. The second-order valence-corrected chi connectivity index (χ2v) is 9.85. The lowest BCUT2D eigenvalue weighted by atomic mass is 9.49. The van der Waals surface area contributed by atoms with E-state index in [1.807, 2.05) is 12.1 Å². The minimum absolute atomic E-state index is 0.0791. The van der Waals surface area contributed by atoms with Gasteiger partial charge < -0.3 is 14.8 Å². The first-order valence-corrected chi connectivity index (χ1v) is 11.4. The van der Waals surface area contributed by atoms with E-state index in [0.29, 0.717) is 12.5 Å². The zero-order valence-corrected chi connectivity index (χ0v) is 17.6. The number of methoxy groups -OCH3 is 1. The van der Waals surface area contributed by atoms with Crippen molar-refractivity contribution in [2.75, 3.05) is 40.0 Å². The van der Waals surface area contributed by atoms with Gasteiger partial charge in [0.2, 0.25) is 5.91 Å². The van der Waals surface area contributed by atoms with Gasteiger partial charge >= 0.3 is 0 Å². The highest BCUT2D eigenvalue weighted by Crippen LogP contribution is 2.60. The molecule has 1 aromatic rings. The number of ether oxygens (including phenoxy) is 2. The lowest BCUT2D eigenvalue weighted by Crippen LogP contribution is -2.54. The third kappa shape index (κ3) is 3.79. The van der Waals surface area contributed by atoms with Gasteiger partial charge in [0.05, 0.1) is 26.4 Å². The summed E-state index contributed by atoms with van der Waals surface area (Å²) < 4.78 is 10.9. The molecule has 4 aliphatic carbocycles. The van der Waals surface area contributed by atoms with E-state index in [2.05, 4.69) is 22.3 Å². The highest BCUT2D eigenvalue weighted by atomic mass is 16.5. The number of hydrogen-bond donors (Lipinski definition) is 1. The molecule has 4 saturated carbocycles. The first-order chi connectivity index (χ1) is 14.1. The fourth-order valence-electron chi connectivity index (χ4n) is 6.94. The zero-order chi connectivity index (χ0) is 19.8. The number of morpholine rings is 1. The van der Waals surface area contributed by atoms with Crippen molar-refractivity contribution in [3.05, 3.63) is 29.8 Å². The summed E-state index contributed by atoms with van der Waals surface area (Å²) in [5.74, 6) is 3.58. The van der Waals surface area contributed by atoms with Gasteiger partial charge in [-0.05, 0) is 74.0 Å². The molecular formula is C24H34N2O3. The lowest BCUT2D eigenvalue weighted by Gasteiger charge is -2.55. The molecule has 29 heavy (non-hydrogen) atoms. The zero-order valence-electron chi connectivity index (χ0n) is 17.6. The van der Waals surface area contributed by atoms with Crippen LogP contribution in [0, 0.1) is 23.2 Å². The molecule has 5 fully saturated rings. The summed E-state index contributed by atoms with van der Waals surface area (Å²) >= 11 is 0. The Morgan fingerprint density at radius 3 is 2.24 bits per heavy atom. The van der Waals surface area contributed by atoms with E-state index in [1.54, 1.807) is 7.11 Å². The molecule has 5 aliphatic rings. The average molecular weight is 399 g/mol. The first kappa shape index (κ1) is 19.4. The molecule has 1 aromatic carbocycles. The minimum Gasteiger partial charge on any atom is -0.497 e. The van der Waals surface area contributed by atoms with Crippen molar-refractivity contribution in [3.8, 4) is 5.75 Å². The number of rotatable bonds is 6. The topological polar surface area (TPSA) is 50.8 Å². The number of nitrogens with zero attached hydrogens (tertiary/aromatic N) is 1. The quantitative estimate of drug-likeness (QED) is 0.798.